The van der Waals surface area contributed by atoms with Gasteiger partial charge < -0.3 is 9.42 Å². The van der Waals surface area contributed by atoms with Crippen LogP contribution in [-0.4, -0.2) is 52.3 Å². The Morgan fingerprint density at radius 2 is 1.80 bits per heavy atom. The molecule has 35 heavy (non-hydrogen) atoms. The SMILES string of the molecule is Cc1ccc(S(=O)(=O)N2CCC[C@H](C(=O)N(Cc3nc(-c4ccccc4)no3)C(C)(C)C)C2)cc1. The highest BCUT2D eigenvalue weighted by Gasteiger charge is 2.38. The summed E-state index contributed by atoms with van der Waals surface area (Å²) in [6, 6.07) is 16.3. The Kier molecular flexibility index (Phi) is 7.10. The molecule has 1 aliphatic rings. The van der Waals surface area contributed by atoms with Crippen molar-refractivity contribution in [2.45, 2.75) is 57.5 Å². The summed E-state index contributed by atoms with van der Waals surface area (Å²) < 4.78 is 33.4. The zero-order chi connectivity index (χ0) is 25.2. The van der Waals surface area contributed by atoms with E-state index in [4.69, 9.17) is 4.52 Å². The molecule has 1 aromatic heterocycles. The van der Waals surface area contributed by atoms with E-state index in [2.05, 4.69) is 10.1 Å². The quantitative estimate of drug-likeness (QED) is 0.506. The van der Waals surface area contributed by atoms with Crippen molar-refractivity contribution in [3.8, 4) is 11.4 Å². The first-order valence-electron chi connectivity index (χ1n) is 11.8. The third-order valence-electron chi connectivity index (χ3n) is 6.26. The number of amides is 1. The van der Waals surface area contributed by atoms with Crippen LogP contribution < -0.4 is 0 Å². The first kappa shape index (κ1) is 25.1. The average molecular weight is 497 g/mol. The molecule has 0 bridgehead atoms. The van der Waals surface area contributed by atoms with E-state index in [-0.39, 0.29) is 23.9 Å². The molecule has 0 radical (unpaired) electrons. The fraction of sp³-hybridized carbons (Fsp3) is 0.423. The number of rotatable bonds is 6. The minimum atomic E-state index is -3.67. The maximum atomic E-state index is 13.7. The van der Waals surface area contributed by atoms with E-state index in [1.165, 1.54) is 4.31 Å². The summed E-state index contributed by atoms with van der Waals surface area (Å²) in [6.45, 7) is 8.47. The molecule has 0 N–H and O–H groups in total. The van der Waals surface area contributed by atoms with Gasteiger partial charge in [0, 0.05) is 24.2 Å². The Labute approximate surface area is 207 Å². The number of aromatic nitrogens is 2. The molecule has 1 atom stereocenters. The molecule has 1 amide bonds. The number of piperidine rings is 1. The van der Waals surface area contributed by atoms with E-state index < -0.39 is 21.5 Å². The molecule has 1 aliphatic heterocycles. The van der Waals surface area contributed by atoms with Crippen LogP contribution in [0.25, 0.3) is 11.4 Å². The molecule has 0 saturated carbocycles. The molecule has 9 heteroatoms. The molecular weight excluding hydrogens is 464 g/mol. The van der Waals surface area contributed by atoms with E-state index in [1.54, 1.807) is 29.2 Å². The molecule has 4 rings (SSSR count). The molecular formula is C26H32N4O4S. The van der Waals surface area contributed by atoms with Gasteiger partial charge in [-0.05, 0) is 52.7 Å². The summed E-state index contributed by atoms with van der Waals surface area (Å²) in [4.78, 5) is 20.1. The lowest BCUT2D eigenvalue weighted by Gasteiger charge is -2.39. The highest BCUT2D eigenvalue weighted by Crippen LogP contribution is 2.28. The topological polar surface area (TPSA) is 96.6 Å². The highest BCUT2D eigenvalue weighted by molar-refractivity contribution is 7.89. The molecule has 0 unspecified atom stereocenters. The van der Waals surface area contributed by atoms with Gasteiger partial charge in [0.25, 0.3) is 0 Å². The second-order valence-corrected chi connectivity index (χ2v) is 11.9. The fourth-order valence-electron chi connectivity index (χ4n) is 4.25. The van der Waals surface area contributed by atoms with E-state index in [9.17, 15) is 13.2 Å². The van der Waals surface area contributed by atoms with Crippen LogP contribution in [-0.2, 0) is 21.4 Å². The van der Waals surface area contributed by atoms with Gasteiger partial charge in [-0.3, -0.25) is 4.79 Å². The third-order valence-corrected chi connectivity index (χ3v) is 8.14. The minimum Gasteiger partial charge on any atom is -0.337 e. The van der Waals surface area contributed by atoms with Crippen LogP contribution in [0.4, 0.5) is 0 Å². The number of nitrogens with zero attached hydrogens (tertiary/aromatic N) is 4. The maximum absolute atomic E-state index is 13.7. The molecule has 2 heterocycles. The second-order valence-electron chi connectivity index (χ2n) is 9.99. The normalized spacial score (nSPS) is 17.3. The zero-order valence-electron chi connectivity index (χ0n) is 20.6. The number of hydrogen-bond donors (Lipinski definition) is 0. The van der Waals surface area contributed by atoms with Crippen LogP contribution in [0, 0.1) is 12.8 Å². The van der Waals surface area contributed by atoms with Crippen molar-refractivity contribution < 1.29 is 17.7 Å². The summed E-state index contributed by atoms with van der Waals surface area (Å²) in [7, 11) is -3.67. The van der Waals surface area contributed by atoms with Crippen LogP contribution in [0.3, 0.4) is 0 Å². The van der Waals surface area contributed by atoms with E-state index in [1.807, 2.05) is 58.0 Å². The van der Waals surface area contributed by atoms with Gasteiger partial charge in [0.05, 0.1) is 10.8 Å². The van der Waals surface area contributed by atoms with Gasteiger partial charge >= 0.3 is 0 Å². The van der Waals surface area contributed by atoms with Crippen molar-refractivity contribution in [2.24, 2.45) is 5.92 Å². The molecule has 1 fully saturated rings. The van der Waals surface area contributed by atoms with Crippen molar-refractivity contribution >= 4 is 15.9 Å². The third kappa shape index (κ3) is 5.62. The lowest BCUT2D eigenvalue weighted by molar-refractivity contribution is -0.143. The van der Waals surface area contributed by atoms with Crippen molar-refractivity contribution in [3.63, 3.8) is 0 Å². The molecule has 0 aliphatic carbocycles. The van der Waals surface area contributed by atoms with Gasteiger partial charge in [-0.25, -0.2) is 8.42 Å². The zero-order valence-corrected chi connectivity index (χ0v) is 21.5. The van der Waals surface area contributed by atoms with Crippen LogP contribution in [0.1, 0.15) is 45.1 Å². The Balaban J connectivity index is 1.52. The van der Waals surface area contributed by atoms with Crippen LogP contribution >= 0.6 is 0 Å². The summed E-state index contributed by atoms with van der Waals surface area (Å²) in [5, 5.41) is 4.07. The van der Waals surface area contributed by atoms with Gasteiger partial charge in [0.2, 0.25) is 27.6 Å². The van der Waals surface area contributed by atoms with Gasteiger partial charge in [0.15, 0.2) is 0 Å². The summed E-state index contributed by atoms with van der Waals surface area (Å²) >= 11 is 0. The van der Waals surface area contributed by atoms with Crippen molar-refractivity contribution in [1.82, 2.24) is 19.3 Å². The number of sulfonamides is 1. The fourth-order valence-corrected chi connectivity index (χ4v) is 5.77. The number of carbonyl (C=O) groups is 1. The predicted octanol–water partition coefficient (Wildman–Crippen LogP) is 4.27. The Morgan fingerprint density at radius 3 is 2.46 bits per heavy atom. The molecule has 0 spiro atoms. The minimum absolute atomic E-state index is 0.110. The predicted molar refractivity (Wildman–Crippen MR) is 133 cm³/mol. The lowest BCUT2D eigenvalue weighted by atomic mass is 9.95. The van der Waals surface area contributed by atoms with Crippen molar-refractivity contribution in [1.29, 1.82) is 0 Å². The molecule has 2 aromatic carbocycles. The molecule has 3 aromatic rings. The lowest BCUT2D eigenvalue weighted by Crippen LogP contribution is -2.51. The largest absolute Gasteiger partial charge is 0.337 e. The van der Waals surface area contributed by atoms with E-state index >= 15 is 0 Å². The number of hydrogen-bond acceptors (Lipinski definition) is 6. The molecule has 8 nitrogen and oxygen atoms in total. The summed E-state index contributed by atoms with van der Waals surface area (Å²) in [5.41, 5.74) is 1.31. The number of carbonyl (C=O) groups excluding carboxylic acids is 1. The van der Waals surface area contributed by atoms with Crippen LogP contribution in [0.5, 0.6) is 0 Å². The first-order chi connectivity index (χ1) is 16.6. The summed E-state index contributed by atoms with van der Waals surface area (Å²) in [5.74, 6) is 0.252. The van der Waals surface area contributed by atoms with E-state index in [0.717, 1.165) is 11.1 Å². The van der Waals surface area contributed by atoms with Crippen LogP contribution in [0.2, 0.25) is 0 Å². The standard InChI is InChI=1S/C26H32N4O4S/c1-19-12-14-22(15-13-19)35(32,33)29-16-8-11-21(17-29)25(31)30(26(2,3)4)18-23-27-24(28-34-23)20-9-6-5-7-10-20/h5-7,9-10,12-15,21H,8,11,16-18H2,1-4H3/t21-/m0/s1. The van der Waals surface area contributed by atoms with Gasteiger partial charge in [-0.2, -0.15) is 9.29 Å². The monoisotopic (exact) mass is 496 g/mol. The smallest absolute Gasteiger partial charge is 0.246 e. The maximum Gasteiger partial charge on any atom is 0.246 e. The van der Waals surface area contributed by atoms with Crippen molar-refractivity contribution in [2.75, 3.05) is 13.1 Å². The second kappa shape index (κ2) is 9.91. The number of aryl methyl sites for hydroxylation is 1. The highest BCUT2D eigenvalue weighted by atomic mass is 32.2. The van der Waals surface area contributed by atoms with Crippen molar-refractivity contribution in [3.05, 3.63) is 66.1 Å². The average Bonchev–Trinajstić information content (AvgIpc) is 3.31. The Hall–Kier alpha value is -3.04. The summed E-state index contributed by atoms with van der Waals surface area (Å²) in [6.07, 6.45) is 1.25. The van der Waals surface area contributed by atoms with Gasteiger partial charge in [0.1, 0.15) is 6.54 Å². The Morgan fingerprint density at radius 1 is 1.11 bits per heavy atom. The van der Waals surface area contributed by atoms with Crippen LogP contribution in [0.15, 0.2) is 64.0 Å². The molecule has 186 valence electrons. The Bertz CT molecular complexity index is 1260. The van der Waals surface area contributed by atoms with Gasteiger partial charge in [-0.15, -0.1) is 0 Å². The first-order valence-corrected chi connectivity index (χ1v) is 13.3. The molecule has 1 saturated heterocycles. The van der Waals surface area contributed by atoms with Gasteiger partial charge in [-0.1, -0.05) is 53.2 Å². The number of benzene rings is 2. The van der Waals surface area contributed by atoms with E-state index in [0.29, 0.717) is 31.1 Å².